The van der Waals surface area contributed by atoms with Gasteiger partial charge < -0.3 is 4.90 Å². The second kappa shape index (κ2) is 4.73. The molecule has 0 radical (unpaired) electrons. The van der Waals surface area contributed by atoms with Gasteiger partial charge >= 0.3 is 0 Å². The summed E-state index contributed by atoms with van der Waals surface area (Å²) < 4.78 is 36.3. The lowest BCUT2D eigenvalue weighted by Crippen LogP contribution is -2.30. The van der Waals surface area contributed by atoms with Gasteiger partial charge in [-0.15, -0.1) is 0 Å². The third kappa shape index (κ3) is 2.88. The number of carbonyl (C=O) groups is 1. The van der Waals surface area contributed by atoms with Gasteiger partial charge in [0.05, 0.1) is 10.6 Å². The van der Waals surface area contributed by atoms with Crippen LogP contribution < -0.4 is 5.14 Å². The van der Waals surface area contributed by atoms with Gasteiger partial charge in [0.1, 0.15) is 10.7 Å². The van der Waals surface area contributed by atoms with Gasteiger partial charge in [-0.25, -0.2) is 17.9 Å². The van der Waals surface area contributed by atoms with Crippen LogP contribution >= 0.6 is 11.6 Å². The minimum absolute atomic E-state index is 0.0838. The lowest BCUT2D eigenvalue weighted by molar-refractivity contribution is 0.0780. The summed E-state index contributed by atoms with van der Waals surface area (Å²) in [6, 6.07) is 1.75. The minimum atomic E-state index is -4.11. The summed E-state index contributed by atoms with van der Waals surface area (Å²) in [5, 5.41) is 4.62. The van der Waals surface area contributed by atoms with Gasteiger partial charge in [-0.3, -0.25) is 4.79 Å². The summed E-state index contributed by atoms with van der Waals surface area (Å²) in [5.74, 6) is -1.45. The third-order valence-corrected chi connectivity index (χ3v) is 4.35. The first-order valence-electron chi connectivity index (χ1n) is 5.51. The zero-order chi connectivity index (χ0) is 14.4. The average molecular weight is 307 g/mol. The van der Waals surface area contributed by atoms with E-state index >= 15 is 0 Å². The number of primary sulfonamides is 1. The standard InChI is InChI=1S/C11H12ClFN2O3S/c1-15(6-2-3-6)11(16)7-4-10(19(14,17)18)8(12)5-9(7)13/h4-6H,2-3H2,1H3,(H2,14,17,18). The number of hydrogen-bond donors (Lipinski definition) is 1. The van der Waals surface area contributed by atoms with E-state index in [1.54, 1.807) is 7.05 Å². The number of nitrogens with zero attached hydrogens (tertiary/aromatic N) is 1. The van der Waals surface area contributed by atoms with E-state index in [-0.39, 0.29) is 16.6 Å². The molecule has 0 aliphatic heterocycles. The molecule has 0 heterocycles. The van der Waals surface area contributed by atoms with Gasteiger partial charge in [0.2, 0.25) is 10.0 Å². The van der Waals surface area contributed by atoms with Crippen LogP contribution in [-0.4, -0.2) is 32.3 Å². The first kappa shape index (κ1) is 14.2. The highest BCUT2D eigenvalue weighted by atomic mass is 35.5. The van der Waals surface area contributed by atoms with Crippen molar-refractivity contribution in [2.45, 2.75) is 23.8 Å². The molecule has 0 unspecified atom stereocenters. The number of sulfonamides is 1. The molecular weight excluding hydrogens is 295 g/mol. The molecule has 0 aromatic heterocycles. The van der Waals surface area contributed by atoms with E-state index in [2.05, 4.69) is 0 Å². The topological polar surface area (TPSA) is 80.5 Å². The van der Waals surface area contributed by atoms with Crippen LogP contribution in [0.15, 0.2) is 17.0 Å². The van der Waals surface area contributed by atoms with Crippen molar-refractivity contribution in [2.75, 3.05) is 7.05 Å². The first-order valence-corrected chi connectivity index (χ1v) is 7.43. The Morgan fingerprint density at radius 3 is 2.53 bits per heavy atom. The number of hydrogen-bond acceptors (Lipinski definition) is 3. The SMILES string of the molecule is CN(C(=O)c1cc(S(N)(=O)=O)c(Cl)cc1F)C1CC1. The molecule has 1 aliphatic rings. The maximum absolute atomic E-state index is 13.7. The molecule has 1 aliphatic carbocycles. The fraction of sp³-hybridized carbons (Fsp3) is 0.364. The Hall–Kier alpha value is -1.18. The molecule has 2 N–H and O–H groups in total. The lowest BCUT2D eigenvalue weighted by Gasteiger charge is -2.17. The monoisotopic (exact) mass is 306 g/mol. The first-order chi connectivity index (χ1) is 8.71. The molecule has 0 saturated heterocycles. The molecule has 5 nitrogen and oxygen atoms in total. The van der Waals surface area contributed by atoms with Crippen LogP contribution in [-0.2, 0) is 10.0 Å². The normalized spacial score (nSPS) is 15.4. The summed E-state index contributed by atoms with van der Waals surface area (Å²) in [6.07, 6.45) is 1.72. The Balaban J connectivity index is 2.48. The largest absolute Gasteiger partial charge is 0.339 e. The molecule has 19 heavy (non-hydrogen) atoms. The van der Waals surface area contributed by atoms with E-state index in [4.69, 9.17) is 16.7 Å². The molecule has 0 spiro atoms. The molecule has 1 fully saturated rings. The van der Waals surface area contributed by atoms with Gasteiger partial charge in [0, 0.05) is 13.1 Å². The van der Waals surface area contributed by atoms with Crippen molar-refractivity contribution in [1.29, 1.82) is 0 Å². The highest BCUT2D eigenvalue weighted by molar-refractivity contribution is 7.89. The van der Waals surface area contributed by atoms with E-state index in [1.807, 2.05) is 0 Å². The second-order valence-electron chi connectivity index (χ2n) is 4.45. The molecule has 1 saturated carbocycles. The number of benzene rings is 1. The summed E-state index contributed by atoms with van der Waals surface area (Å²) in [5.41, 5.74) is -0.345. The second-order valence-corrected chi connectivity index (χ2v) is 6.39. The van der Waals surface area contributed by atoms with Crippen molar-refractivity contribution in [1.82, 2.24) is 4.90 Å². The summed E-state index contributed by atoms with van der Waals surface area (Å²) in [6.45, 7) is 0. The van der Waals surface area contributed by atoms with Crippen LogP contribution in [0.5, 0.6) is 0 Å². The Labute approximate surface area is 115 Å². The van der Waals surface area contributed by atoms with Crippen molar-refractivity contribution in [3.63, 3.8) is 0 Å². The van der Waals surface area contributed by atoms with Crippen LogP contribution in [0.4, 0.5) is 4.39 Å². The quantitative estimate of drug-likeness (QED) is 0.915. The fourth-order valence-corrected chi connectivity index (χ4v) is 2.81. The fourth-order valence-electron chi connectivity index (χ4n) is 1.73. The van der Waals surface area contributed by atoms with Crippen LogP contribution in [0.25, 0.3) is 0 Å². The van der Waals surface area contributed by atoms with Crippen molar-refractivity contribution < 1.29 is 17.6 Å². The maximum atomic E-state index is 13.7. The van der Waals surface area contributed by atoms with Crippen LogP contribution in [0, 0.1) is 5.82 Å². The molecule has 1 aromatic rings. The Morgan fingerprint density at radius 1 is 1.47 bits per heavy atom. The number of carbonyl (C=O) groups excluding carboxylic acids is 1. The number of halogens is 2. The minimum Gasteiger partial charge on any atom is -0.339 e. The van der Waals surface area contributed by atoms with Gasteiger partial charge in [-0.2, -0.15) is 0 Å². The predicted molar refractivity (Wildman–Crippen MR) is 67.9 cm³/mol. The maximum Gasteiger partial charge on any atom is 0.256 e. The summed E-state index contributed by atoms with van der Waals surface area (Å²) >= 11 is 5.62. The smallest absolute Gasteiger partial charge is 0.256 e. The summed E-state index contributed by atoms with van der Waals surface area (Å²) in [7, 11) is -2.56. The van der Waals surface area contributed by atoms with Gasteiger partial charge in [-0.05, 0) is 25.0 Å². The van der Waals surface area contributed by atoms with Gasteiger partial charge in [0.25, 0.3) is 5.91 Å². The Kier molecular flexibility index (Phi) is 3.55. The van der Waals surface area contributed by atoms with E-state index in [0.29, 0.717) is 0 Å². The molecule has 1 amide bonds. The summed E-state index contributed by atoms with van der Waals surface area (Å²) in [4.78, 5) is 13.0. The highest BCUT2D eigenvalue weighted by Gasteiger charge is 2.32. The Bertz CT molecular complexity index is 644. The van der Waals surface area contributed by atoms with Crippen molar-refractivity contribution in [3.05, 3.63) is 28.5 Å². The van der Waals surface area contributed by atoms with Crippen LogP contribution in [0.2, 0.25) is 5.02 Å². The lowest BCUT2D eigenvalue weighted by atomic mass is 10.2. The molecule has 0 atom stereocenters. The van der Waals surface area contributed by atoms with Crippen molar-refractivity contribution >= 4 is 27.5 Å². The van der Waals surface area contributed by atoms with Gasteiger partial charge in [-0.1, -0.05) is 11.6 Å². The third-order valence-electron chi connectivity index (χ3n) is 2.97. The predicted octanol–water partition coefficient (Wildman–Crippen LogP) is 1.36. The zero-order valence-corrected chi connectivity index (χ0v) is 11.6. The molecular formula is C11H12ClFN2O3S. The van der Waals surface area contributed by atoms with Crippen LogP contribution in [0.1, 0.15) is 23.2 Å². The molecule has 8 heteroatoms. The Morgan fingerprint density at radius 2 is 2.05 bits per heavy atom. The molecule has 104 valence electrons. The number of rotatable bonds is 3. The molecule has 1 aromatic carbocycles. The van der Waals surface area contributed by atoms with Crippen molar-refractivity contribution in [3.8, 4) is 0 Å². The van der Waals surface area contributed by atoms with Crippen LogP contribution in [0.3, 0.4) is 0 Å². The van der Waals surface area contributed by atoms with E-state index < -0.39 is 26.6 Å². The van der Waals surface area contributed by atoms with Gasteiger partial charge in [0.15, 0.2) is 0 Å². The highest BCUT2D eigenvalue weighted by Crippen LogP contribution is 2.29. The average Bonchev–Trinajstić information content (AvgIpc) is 3.09. The number of amides is 1. The van der Waals surface area contributed by atoms with E-state index in [9.17, 15) is 17.6 Å². The van der Waals surface area contributed by atoms with E-state index in [0.717, 1.165) is 25.0 Å². The van der Waals surface area contributed by atoms with E-state index in [1.165, 1.54) is 4.90 Å². The number of nitrogens with two attached hydrogens (primary N) is 1. The zero-order valence-electron chi connectivity index (χ0n) is 10.1. The van der Waals surface area contributed by atoms with Crippen molar-refractivity contribution in [2.24, 2.45) is 5.14 Å². The molecule has 2 rings (SSSR count). The molecule has 0 bridgehead atoms.